The zero-order chi connectivity index (χ0) is 12.8. The summed E-state index contributed by atoms with van der Waals surface area (Å²) in [6.45, 7) is 6.14. The normalized spacial score (nSPS) is 20.9. The Hall–Kier alpha value is -1.20. The maximum atomic E-state index is 12.8. The van der Waals surface area contributed by atoms with Gasteiger partial charge in [0.05, 0.1) is 5.69 Å². The van der Waals surface area contributed by atoms with Gasteiger partial charge in [0.1, 0.15) is 5.82 Å². The third-order valence-electron chi connectivity index (χ3n) is 2.90. The molecule has 96 valence electrons. The molecule has 1 N–H and O–H groups in total. The Kier molecular flexibility index (Phi) is 2.63. The van der Waals surface area contributed by atoms with Crippen LogP contribution in [0.5, 0.6) is 0 Å². The summed E-state index contributed by atoms with van der Waals surface area (Å²) in [5, 5.41) is 7.06. The van der Waals surface area contributed by atoms with Gasteiger partial charge in [-0.15, -0.1) is 0 Å². The molecule has 6 heteroatoms. The Morgan fingerprint density at radius 2 is 2.00 bits per heavy atom. The lowest BCUT2D eigenvalue weighted by Crippen LogP contribution is -2.34. The summed E-state index contributed by atoms with van der Waals surface area (Å²) in [6, 6.07) is 0.201. The first-order chi connectivity index (χ1) is 7.69. The number of anilines is 1. The molecule has 0 amide bonds. The number of fused-ring (bicyclic) bond motifs is 1. The summed E-state index contributed by atoms with van der Waals surface area (Å²) in [5.41, 5.74) is 0.429. The molecule has 1 aromatic rings. The molecule has 1 unspecified atom stereocenters. The van der Waals surface area contributed by atoms with Gasteiger partial charge in [-0.3, -0.25) is 0 Å². The minimum absolute atomic E-state index is 0.0295. The number of aromatic nitrogens is 2. The highest BCUT2D eigenvalue weighted by Gasteiger charge is 2.44. The van der Waals surface area contributed by atoms with E-state index in [1.807, 2.05) is 20.8 Å². The summed E-state index contributed by atoms with van der Waals surface area (Å²) in [7, 11) is 0. The first-order valence-electron chi connectivity index (χ1n) is 5.60. The quantitative estimate of drug-likeness (QED) is 0.763. The Morgan fingerprint density at radius 1 is 1.35 bits per heavy atom. The second-order valence-corrected chi connectivity index (χ2v) is 5.38. The van der Waals surface area contributed by atoms with Crippen molar-refractivity contribution in [2.75, 3.05) is 11.9 Å². The summed E-state index contributed by atoms with van der Waals surface area (Å²) < 4.78 is 39.6. The molecule has 0 bridgehead atoms. The fourth-order valence-electron chi connectivity index (χ4n) is 1.89. The summed E-state index contributed by atoms with van der Waals surface area (Å²) in [6.07, 6.45) is -4.21. The first-order valence-corrected chi connectivity index (χ1v) is 5.60. The van der Waals surface area contributed by atoms with Gasteiger partial charge in [-0.05, 0) is 6.42 Å². The maximum absolute atomic E-state index is 12.8. The molecule has 0 radical (unpaired) electrons. The lowest BCUT2D eigenvalue weighted by atomic mass is 9.92. The molecule has 17 heavy (non-hydrogen) atoms. The van der Waals surface area contributed by atoms with Gasteiger partial charge in [-0.1, -0.05) is 20.8 Å². The van der Waals surface area contributed by atoms with E-state index in [0.29, 0.717) is 18.1 Å². The molecule has 0 fully saturated rings. The van der Waals surface area contributed by atoms with Crippen LogP contribution in [0.25, 0.3) is 0 Å². The molecule has 1 atom stereocenters. The standard InChI is InChI=1S/C11H16F3N3/c1-10(2,3)7-6-9-15-5-4-8(11(12,13)14)17(9)16-7/h6,8,15H,4-5H2,1-3H3. The molecule has 0 aliphatic carbocycles. The molecule has 1 aromatic heterocycles. The van der Waals surface area contributed by atoms with E-state index in [1.54, 1.807) is 6.07 Å². The van der Waals surface area contributed by atoms with Crippen LogP contribution < -0.4 is 5.32 Å². The molecule has 3 nitrogen and oxygen atoms in total. The summed E-state index contributed by atoms with van der Waals surface area (Å²) in [5.74, 6) is 0.462. The zero-order valence-corrected chi connectivity index (χ0v) is 10.1. The van der Waals surface area contributed by atoms with Gasteiger partial charge in [0, 0.05) is 18.0 Å². The number of hydrogen-bond donors (Lipinski definition) is 1. The van der Waals surface area contributed by atoms with Crippen LogP contribution in [-0.4, -0.2) is 22.5 Å². The van der Waals surface area contributed by atoms with Crippen LogP contribution in [0.3, 0.4) is 0 Å². The highest BCUT2D eigenvalue weighted by Crippen LogP contribution is 2.38. The number of hydrogen-bond acceptors (Lipinski definition) is 2. The molecule has 0 aromatic carbocycles. The monoisotopic (exact) mass is 247 g/mol. The van der Waals surface area contributed by atoms with Crippen molar-refractivity contribution in [2.45, 2.75) is 44.8 Å². The second-order valence-electron chi connectivity index (χ2n) is 5.38. The Bertz CT molecular complexity index is 415. The Labute approximate surface area is 98.0 Å². The van der Waals surface area contributed by atoms with Crippen LogP contribution in [0.4, 0.5) is 19.0 Å². The van der Waals surface area contributed by atoms with E-state index >= 15 is 0 Å². The van der Waals surface area contributed by atoms with Crippen LogP contribution in [0.1, 0.15) is 38.9 Å². The lowest BCUT2D eigenvalue weighted by Gasteiger charge is -2.27. The summed E-state index contributed by atoms with van der Waals surface area (Å²) in [4.78, 5) is 0. The second kappa shape index (κ2) is 3.65. The van der Waals surface area contributed by atoms with Crippen molar-refractivity contribution in [2.24, 2.45) is 0 Å². The van der Waals surface area contributed by atoms with Crippen LogP contribution >= 0.6 is 0 Å². The molecular weight excluding hydrogens is 231 g/mol. The zero-order valence-electron chi connectivity index (χ0n) is 10.1. The van der Waals surface area contributed by atoms with E-state index in [-0.39, 0.29) is 11.8 Å². The first kappa shape index (κ1) is 12.3. The summed E-state index contributed by atoms with van der Waals surface area (Å²) >= 11 is 0. The molecule has 0 saturated carbocycles. The average Bonchev–Trinajstić information content (AvgIpc) is 2.57. The number of rotatable bonds is 0. The van der Waals surface area contributed by atoms with Crippen LogP contribution in [-0.2, 0) is 5.41 Å². The third kappa shape index (κ3) is 2.25. The van der Waals surface area contributed by atoms with Gasteiger partial charge in [-0.25, -0.2) is 4.68 Å². The SMILES string of the molecule is CC(C)(C)c1cc2n(n1)C(C(F)(F)F)CCN2. The topological polar surface area (TPSA) is 29.9 Å². The van der Waals surface area contributed by atoms with Crippen LogP contribution in [0, 0.1) is 0 Å². The number of alkyl halides is 3. The van der Waals surface area contributed by atoms with Crippen molar-refractivity contribution in [3.63, 3.8) is 0 Å². The molecule has 1 aliphatic heterocycles. The van der Waals surface area contributed by atoms with Crippen molar-refractivity contribution >= 4 is 5.82 Å². The van der Waals surface area contributed by atoms with Gasteiger partial charge in [0.2, 0.25) is 0 Å². The van der Waals surface area contributed by atoms with E-state index in [1.165, 1.54) is 0 Å². The van der Waals surface area contributed by atoms with E-state index in [9.17, 15) is 13.2 Å². The molecule has 1 aliphatic rings. The third-order valence-corrected chi connectivity index (χ3v) is 2.90. The largest absolute Gasteiger partial charge is 0.410 e. The van der Waals surface area contributed by atoms with Crippen molar-refractivity contribution in [3.05, 3.63) is 11.8 Å². The van der Waals surface area contributed by atoms with E-state index in [2.05, 4.69) is 10.4 Å². The molecule has 2 heterocycles. The maximum Gasteiger partial charge on any atom is 0.410 e. The van der Waals surface area contributed by atoms with Crippen molar-refractivity contribution in [1.29, 1.82) is 0 Å². The van der Waals surface area contributed by atoms with Gasteiger partial charge in [0.15, 0.2) is 6.04 Å². The molecule has 0 saturated heterocycles. The van der Waals surface area contributed by atoms with E-state index < -0.39 is 12.2 Å². The van der Waals surface area contributed by atoms with Gasteiger partial charge in [-0.2, -0.15) is 18.3 Å². The van der Waals surface area contributed by atoms with Crippen molar-refractivity contribution in [1.82, 2.24) is 9.78 Å². The highest BCUT2D eigenvalue weighted by molar-refractivity contribution is 5.41. The Morgan fingerprint density at radius 3 is 2.53 bits per heavy atom. The van der Waals surface area contributed by atoms with Crippen LogP contribution in [0.15, 0.2) is 6.07 Å². The average molecular weight is 247 g/mol. The molecule has 2 rings (SSSR count). The minimum atomic E-state index is -4.24. The van der Waals surface area contributed by atoms with Gasteiger partial charge in [0.25, 0.3) is 0 Å². The fourth-order valence-corrected chi connectivity index (χ4v) is 1.89. The number of nitrogens with zero attached hydrogens (tertiary/aromatic N) is 2. The predicted molar refractivity (Wildman–Crippen MR) is 59.1 cm³/mol. The van der Waals surface area contributed by atoms with Crippen molar-refractivity contribution < 1.29 is 13.2 Å². The predicted octanol–water partition coefficient (Wildman–Crippen LogP) is 3.10. The Balaban J connectivity index is 2.42. The minimum Gasteiger partial charge on any atom is -0.370 e. The van der Waals surface area contributed by atoms with Crippen molar-refractivity contribution in [3.8, 4) is 0 Å². The highest BCUT2D eigenvalue weighted by atomic mass is 19.4. The van der Waals surface area contributed by atoms with Gasteiger partial charge >= 0.3 is 6.18 Å². The van der Waals surface area contributed by atoms with Gasteiger partial charge < -0.3 is 5.32 Å². The lowest BCUT2D eigenvalue weighted by molar-refractivity contribution is -0.171. The number of halogens is 3. The molecular formula is C11H16F3N3. The van der Waals surface area contributed by atoms with E-state index in [0.717, 1.165) is 4.68 Å². The van der Waals surface area contributed by atoms with Crippen LogP contribution in [0.2, 0.25) is 0 Å². The molecule has 0 spiro atoms. The van der Waals surface area contributed by atoms with E-state index in [4.69, 9.17) is 0 Å². The number of nitrogens with one attached hydrogen (secondary N) is 1. The smallest absolute Gasteiger partial charge is 0.370 e. The fraction of sp³-hybridized carbons (Fsp3) is 0.727.